The molecule has 0 aliphatic heterocycles. The highest BCUT2D eigenvalue weighted by Crippen LogP contribution is 2.37. The number of aliphatic carboxylic acids is 1. The molecular formula is C16H28N2O3. The van der Waals surface area contributed by atoms with Crippen molar-refractivity contribution in [3.63, 3.8) is 0 Å². The number of hydrogen-bond acceptors (Lipinski definition) is 2. The SMILES string of the molecule is CN(C(=O)N(CCC(=O)O)C1CC1)C1CCC(C)(C)CC1. The smallest absolute Gasteiger partial charge is 0.320 e. The fraction of sp³-hybridized carbons (Fsp3) is 0.875. The average Bonchev–Trinajstić information content (AvgIpc) is 3.22. The molecule has 1 N–H and O–H groups in total. The lowest BCUT2D eigenvalue weighted by atomic mass is 9.75. The number of carboxylic acid groups (broad SMARTS) is 1. The number of rotatable bonds is 5. The minimum atomic E-state index is -0.837. The van der Waals surface area contributed by atoms with Gasteiger partial charge in [-0.05, 0) is 43.9 Å². The van der Waals surface area contributed by atoms with Crippen LogP contribution in [0.4, 0.5) is 4.79 Å². The molecule has 0 spiro atoms. The molecule has 2 rings (SSSR count). The highest BCUT2D eigenvalue weighted by atomic mass is 16.4. The maximum atomic E-state index is 12.7. The van der Waals surface area contributed by atoms with Crippen LogP contribution in [0.15, 0.2) is 0 Å². The Bertz CT molecular complexity index is 394. The lowest BCUT2D eigenvalue weighted by Gasteiger charge is -2.40. The molecule has 0 aromatic rings. The zero-order valence-electron chi connectivity index (χ0n) is 13.5. The van der Waals surface area contributed by atoms with Crippen LogP contribution in [0.3, 0.4) is 0 Å². The van der Waals surface area contributed by atoms with Gasteiger partial charge in [0.1, 0.15) is 0 Å². The molecule has 2 aliphatic rings. The number of hydrogen-bond donors (Lipinski definition) is 1. The van der Waals surface area contributed by atoms with Gasteiger partial charge in [-0.15, -0.1) is 0 Å². The largest absolute Gasteiger partial charge is 0.481 e. The maximum absolute atomic E-state index is 12.7. The predicted octanol–water partition coefficient (Wildman–Crippen LogP) is 2.95. The zero-order chi connectivity index (χ0) is 15.6. The topological polar surface area (TPSA) is 60.9 Å². The van der Waals surface area contributed by atoms with Gasteiger partial charge in [0.25, 0.3) is 0 Å². The Hall–Kier alpha value is -1.26. The lowest BCUT2D eigenvalue weighted by molar-refractivity contribution is -0.137. The summed E-state index contributed by atoms with van der Waals surface area (Å²) in [7, 11) is 1.88. The molecule has 0 saturated heterocycles. The Morgan fingerprint density at radius 1 is 1.10 bits per heavy atom. The summed E-state index contributed by atoms with van der Waals surface area (Å²) < 4.78 is 0. The van der Waals surface area contributed by atoms with Crippen molar-refractivity contribution in [2.24, 2.45) is 5.41 Å². The van der Waals surface area contributed by atoms with E-state index in [0.29, 0.717) is 18.0 Å². The van der Waals surface area contributed by atoms with Gasteiger partial charge in [-0.2, -0.15) is 0 Å². The van der Waals surface area contributed by atoms with Crippen molar-refractivity contribution >= 4 is 12.0 Å². The molecule has 5 nitrogen and oxygen atoms in total. The van der Waals surface area contributed by atoms with Crippen molar-refractivity contribution in [2.75, 3.05) is 13.6 Å². The number of carbonyl (C=O) groups is 2. The second kappa shape index (κ2) is 6.24. The van der Waals surface area contributed by atoms with E-state index in [1.165, 1.54) is 0 Å². The third kappa shape index (κ3) is 4.35. The quantitative estimate of drug-likeness (QED) is 0.848. The van der Waals surface area contributed by atoms with Crippen LogP contribution in [0, 0.1) is 5.41 Å². The van der Waals surface area contributed by atoms with E-state index in [-0.39, 0.29) is 18.5 Å². The first kappa shape index (κ1) is 16.1. The first-order chi connectivity index (χ1) is 9.80. The van der Waals surface area contributed by atoms with E-state index in [1.54, 1.807) is 4.90 Å². The lowest BCUT2D eigenvalue weighted by Crippen LogP contribution is -2.49. The number of carboxylic acids is 1. The van der Waals surface area contributed by atoms with Gasteiger partial charge in [0, 0.05) is 25.7 Å². The molecular weight excluding hydrogens is 268 g/mol. The third-order valence-corrected chi connectivity index (χ3v) is 4.96. The van der Waals surface area contributed by atoms with Crippen molar-refractivity contribution in [1.82, 2.24) is 9.80 Å². The van der Waals surface area contributed by atoms with Crippen LogP contribution in [0.5, 0.6) is 0 Å². The van der Waals surface area contributed by atoms with E-state index in [4.69, 9.17) is 5.11 Å². The van der Waals surface area contributed by atoms with Gasteiger partial charge in [-0.25, -0.2) is 4.79 Å². The molecule has 0 aromatic carbocycles. The van der Waals surface area contributed by atoms with Crippen molar-refractivity contribution in [2.45, 2.75) is 70.9 Å². The molecule has 0 heterocycles. The van der Waals surface area contributed by atoms with Gasteiger partial charge in [0.15, 0.2) is 0 Å². The number of amides is 2. The van der Waals surface area contributed by atoms with Crippen LogP contribution in [0.25, 0.3) is 0 Å². The monoisotopic (exact) mass is 296 g/mol. The third-order valence-electron chi connectivity index (χ3n) is 4.96. The molecule has 2 fully saturated rings. The van der Waals surface area contributed by atoms with Crippen molar-refractivity contribution in [3.05, 3.63) is 0 Å². The maximum Gasteiger partial charge on any atom is 0.320 e. The molecule has 2 aliphatic carbocycles. The number of nitrogens with zero attached hydrogens (tertiary/aromatic N) is 2. The summed E-state index contributed by atoms with van der Waals surface area (Å²) in [4.78, 5) is 27.0. The summed E-state index contributed by atoms with van der Waals surface area (Å²) in [5, 5.41) is 8.84. The van der Waals surface area contributed by atoms with E-state index in [9.17, 15) is 9.59 Å². The average molecular weight is 296 g/mol. The van der Waals surface area contributed by atoms with Gasteiger partial charge in [0.05, 0.1) is 6.42 Å². The van der Waals surface area contributed by atoms with Gasteiger partial charge in [0.2, 0.25) is 0 Å². The van der Waals surface area contributed by atoms with Gasteiger partial charge in [-0.1, -0.05) is 13.8 Å². The second-order valence-corrected chi connectivity index (χ2v) is 7.36. The molecule has 0 atom stereocenters. The minimum absolute atomic E-state index is 0.0171. The van der Waals surface area contributed by atoms with Crippen molar-refractivity contribution in [3.8, 4) is 0 Å². The van der Waals surface area contributed by atoms with Gasteiger partial charge < -0.3 is 14.9 Å². The van der Waals surface area contributed by atoms with E-state index in [0.717, 1.165) is 38.5 Å². The minimum Gasteiger partial charge on any atom is -0.481 e. The predicted molar refractivity (Wildman–Crippen MR) is 81.2 cm³/mol. The fourth-order valence-electron chi connectivity index (χ4n) is 3.17. The Morgan fingerprint density at radius 3 is 2.14 bits per heavy atom. The normalized spacial score (nSPS) is 21.9. The molecule has 5 heteroatoms. The summed E-state index contributed by atoms with van der Waals surface area (Å²) in [6.45, 7) is 4.91. The highest BCUT2D eigenvalue weighted by Gasteiger charge is 2.37. The molecule has 120 valence electrons. The van der Waals surface area contributed by atoms with E-state index >= 15 is 0 Å². The van der Waals surface area contributed by atoms with Crippen molar-refractivity contribution < 1.29 is 14.7 Å². The Balaban J connectivity index is 1.91. The Kier molecular flexibility index (Phi) is 4.79. The molecule has 0 bridgehead atoms. The summed E-state index contributed by atoms with van der Waals surface area (Å²) in [6, 6.07) is 0.583. The van der Waals surface area contributed by atoms with Crippen molar-refractivity contribution in [1.29, 1.82) is 0 Å². The van der Waals surface area contributed by atoms with Crippen LogP contribution in [0.1, 0.15) is 58.8 Å². The summed E-state index contributed by atoms with van der Waals surface area (Å²) in [6.07, 6.45) is 6.45. The molecule has 0 unspecified atom stereocenters. The van der Waals surface area contributed by atoms with Crippen LogP contribution < -0.4 is 0 Å². The molecule has 0 radical (unpaired) electrons. The van der Waals surface area contributed by atoms with Gasteiger partial charge in [-0.3, -0.25) is 4.79 Å². The molecule has 0 aromatic heterocycles. The van der Waals surface area contributed by atoms with E-state index < -0.39 is 5.97 Å². The molecule has 2 saturated carbocycles. The van der Waals surface area contributed by atoms with Crippen LogP contribution >= 0.6 is 0 Å². The van der Waals surface area contributed by atoms with E-state index in [2.05, 4.69) is 13.8 Å². The van der Waals surface area contributed by atoms with Crippen LogP contribution in [-0.2, 0) is 4.79 Å². The second-order valence-electron chi connectivity index (χ2n) is 7.36. The Labute approximate surface area is 127 Å². The standard InChI is InChI=1S/C16H28N2O3/c1-16(2)9-6-12(7-10-16)17(3)15(21)18(13-4-5-13)11-8-14(19)20/h12-13H,4-11H2,1-3H3,(H,19,20). The van der Waals surface area contributed by atoms with Crippen LogP contribution in [0.2, 0.25) is 0 Å². The summed E-state index contributed by atoms with van der Waals surface area (Å²) in [5.74, 6) is -0.837. The Morgan fingerprint density at radius 2 is 1.67 bits per heavy atom. The van der Waals surface area contributed by atoms with Crippen LogP contribution in [-0.4, -0.2) is 52.6 Å². The van der Waals surface area contributed by atoms with E-state index in [1.807, 2.05) is 11.9 Å². The molecule has 21 heavy (non-hydrogen) atoms. The fourth-order valence-corrected chi connectivity index (χ4v) is 3.17. The summed E-state index contributed by atoms with van der Waals surface area (Å²) >= 11 is 0. The first-order valence-electron chi connectivity index (χ1n) is 8.05. The summed E-state index contributed by atoms with van der Waals surface area (Å²) in [5.41, 5.74) is 0.389. The number of carbonyl (C=O) groups excluding carboxylic acids is 1. The van der Waals surface area contributed by atoms with Gasteiger partial charge >= 0.3 is 12.0 Å². The zero-order valence-corrected chi connectivity index (χ0v) is 13.5. The number of urea groups is 1. The molecule has 2 amide bonds. The first-order valence-corrected chi connectivity index (χ1v) is 8.05. The highest BCUT2D eigenvalue weighted by molar-refractivity contribution is 5.76.